The number of furan rings is 1. The van der Waals surface area contributed by atoms with Crippen LogP contribution >= 0.6 is 0 Å². The number of hydrogen-bond donors (Lipinski definition) is 1. The number of amidine groups is 2. The van der Waals surface area contributed by atoms with Crippen molar-refractivity contribution in [3.05, 3.63) is 187 Å². The molecule has 7 aromatic carbocycles. The summed E-state index contributed by atoms with van der Waals surface area (Å²) in [5.74, 6) is 1.46. The van der Waals surface area contributed by atoms with Crippen LogP contribution < -0.4 is 5.32 Å². The monoisotopic (exact) mass is 642 g/mol. The summed E-state index contributed by atoms with van der Waals surface area (Å²) in [6.45, 7) is 0. The van der Waals surface area contributed by atoms with Crippen molar-refractivity contribution in [2.24, 2.45) is 9.98 Å². The zero-order valence-electron chi connectivity index (χ0n) is 27.0. The molecule has 1 aliphatic rings. The molecule has 0 radical (unpaired) electrons. The van der Waals surface area contributed by atoms with Crippen molar-refractivity contribution >= 4 is 55.4 Å². The van der Waals surface area contributed by atoms with Gasteiger partial charge in [0, 0.05) is 38.2 Å². The summed E-state index contributed by atoms with van der Waals surface area (Å²) in [4.78, 5) is 10.1. The number of benzene rings is 7. The fraction of sp³-hybridized carbons (Fsp3) is 0.0222. The van der Waals surface area contributed by atoms with Crippen LogP contribution in [0.25, 0.3) is 60.6 Å². The van der Waals surface area contributed by atoms with Crippen LogP contribution in [0.3, 0.4) is 0 Å². The van der Waals surface area contributed by atoms with Crippen LogP contribution in [0.4, 0.5) is 0 Å². The number of hydrogen-bond acceptors (Lipinski definition) is 4. The van der Waals surface area contributed by atoms with Gasteiger partial charge in [0.05, 0.1) is 16.7 Å². The van der Waals surface area contributed by atoms with Crippen LogP contribution in [-0.4, -0.2) is 16.2 Å². The lowest BCUT2D eigenvalue weighted by atomic mass is 10.0. The van der Waals surface area contributed by atoms with E-state index in [0.29, 0.717) is 5.84 Å². The van der Waals surface area contributed by atoms with E-state index in [9.17, 15) is 0 Å². The summed E-state index contributed by atoms with van der Waals surface area (Å²) in [5.41, 5.74) is 10.5. The average molecular weight is 643 g/mol. The van der Waals surface area contributed by atoms with E-state index in [1.54, 1.807) is 0 Å². The summed E-state index contributed by atoms with van der Waals surface area (Å²) < 4.78 is 8.88. The van der Waals surface area contributed by atoms with Crippen molar-refractivity contribution < 1.29 is 4.42 Å². The lowest BCUT2D eigenvalue weighted by molar-refractivity contribution is 0.667. The lowest BCUT2D eigenvalue weighted by Crippen LogP contribution is -2.33. The highest BCUT2D eigenvalue weighted by molar-refractivity contribution is 6.15. The first kappa shape index (κ1) is 28.3. The van der Waals surface area contributed by atoms with E-state index >= 15 is 0 Å². The molecule has 1 aliphatic heterocycles. The first-order valence-electron chi connectivity index (χ1n) is 16.9. The van der Waals surface area contributed by atoms with Crippen LogP contribution in [-0.2, 0) is 0 Å². The molecular weight excluding hydrogens is 613 g/mol. The van der Waals surface area contributed by atoms with Crippen LogP contribution in [0.1, 0.15) is 22.9 Å². The largest absolute Gasteiger partial charge is 0.456 e. The predicted molar refractivity (Wildman–Crippen MR) is 205 cm³/mol. The lowest BCUT2D eigenvalue weighted by Gasteiger charge is -2.23. The number of nitrogens with zero attached hydrogens (tertiary/aromatic N) is 3. The van der Waals surface area contributed by atoms with Gasteiger partial charge >= 0.3 is 0 Å². The Bertz CT molecular complexity index is 2740. The van der Waals surface area contributed by atoms with Gasteiger partial charge in [-0.25, -0.2) is 9.98 Å². The maximum absolute atomic E-state index is 6.49. The smallest absolute Gasteiger partial charge is 0.159 e. The molecule has 5 heteroatoms. The quantitative estimate of drug-likeness (QED) is 0.203. The van der Waals surface area contributed by atoms with Crippen molar-refractivity contribution in [3.8, 4) is 16.8 Å². The maximum atomic E-state index is 6.49. The van der Waals surface area contributed by atoms with Gasteiger partial charge < -0.3 is 14.3 Å². The molecule has 5 nitrogen and oxygen atoms in total. The molecule has 3 heterocycles. The van der Waals surface area contributed by atoms with Gasteiger partial charge in [-0.3, -0.25) is 0 Å². The van der Waals surface area contributed by atoms with Gasteiger partial charge in [0.15, 0.2) is 5.84 Å². The molecule has 236 valence electrons. The van der Waals surface area contributed by atoms with Gasteiger partial charge in [-0.05, 0) is 53.6 Å². The highest BCUT2D eigenvalue weighted by atomic mass is 16.3. The molecule has 2 aromatic heterocycles. The van der Waals surface area contributed by atoms with Gasteiger partial charge in [0.25, 0.3) is 0 Å². The molecule has 0 fully saturated rings. The number of fused-ring (bicyclic) bond motifs is 6. The highest BCUT2D eigenvalue weighted by Gasteiger charge is 2.22. The third kappa shape index (κ3) is 4.63. The van der Waals surface area contributed by atoms with Gasteiger partial charge in [0.1, 0.15) is 23.2 Å². The van der Waals surface area contributed by atoms with E-state index in [0.717, 1.165) is 61.3 Å². The molecule has 10 rings (SSSR count). The van der Waals surface area contributed by atoms with E-state index < -0.39 is 0 Å². The molecule has 1 atom stereocenters. The van der Waals surface area contributed by atoms with Gasteiger partial charge in [-0.15, -0.1) is 0 Å². The second-order valence-corrected chi connectivity index (χ2v) is 12.6. The SMILES string of the molecule is c1ccc(C2=NC(c3ccc4c(c3)oc3ccc(-c5ccccc5-n5c6ccccc6c6ccccc65)cc34)=NC(c3ccccc3)N2)cc1. The minimum absolute atomic E-state index is 0.262. The van der Waals surface area contributed by atoms with E-state index in [1.165, 1.54) is 21.8 Å². The van der Waals surface area contributed by atoms with E-state index in [2.05, 4.69) is 143 Å². The third-order valence-corrected chi connectivity index (χ3v) is 9.67. The van der Waals surface area contributed by atoms with Crippen LogP contribution in [0, 0.1) is 0 Å². The average Bonchev–Trinajstić information content (AvgIpc) is 3.73. The van der Waals surface area contributed by atoms with Crippen molar-refractivity contribution in [2.45, 2.75) is 6.17 Å². The van der Waals surface area contributed by atoms with E-state index in [-0.39, 0.29) is 6.17 Å². The Morgan fingerprint density at radius 1 is 0.500 bits per heavy atom. The molecular formula is C45H30N4O. The molecule has 0 spiro atoms. The zero-order chi connectivity index (χ0) is 33.0. The summed E-state index contributed by atoms with van der Waals surface area (Å²) in [6.07, 6.45) is -0.262. The standard InChI is InChI=1S/C45H30N4O/c1-3-13-29(14-4-1)43-46-44(30-15-5-2-6-16-30)48-45(47-43)32-23-25-36-37-27-31(24-26-41(37)50-42(36)28-32)33-17-7-10-20-38(33)49-39-21-11-8-18-34(39)35-19-9-12-22-40(35)49/h1-28,43H,(H,46,47,48). The Balaban J connectivity index is 1.09. The Hall–Kier alpha value is -6.72. The summed E-state index contributed by atoms with van der Waals surface area (Å²) in [5, 5.41) is 8.17. The van der Waals surface area contributed by atoms with Crippen LogP contribution in [0.2, 0.25) is 0 Å². The molecule has 50 heavy (non-hydrogen) atoms. The van der Waals surface area contributed by atoms with Crippen molar-refractivity contribution in [1.82, 2.24) is 9.88 Å². The highest BCUT2D eigenvalue weighted by Crippen LogP contribution is 2.38. The molecule has 1 unspecified atom stereocenters. The summed E-state index contributed by atoms with van der Waals surface area (Å²) >= 11 is 0. The van der Waals surface area contributed by atoms with Gasteiger partial charge in [-0.2, -0.15) is 0 Å². The number of para-hydroxylation sites is 3. The molecule has 0 amide bonds. The topological polar surface area (TPSA) is 54.8 Å². The molecule has 1 N–H and O–H groups in total. The molecule has 9 aromatic rings. The second kappa shape index (κ2) is 11.5. The zero-order valence-corrected chi connectivity index (χ0v) is 27.0. The molecule has 0 aliphatic carbocycles. The van der Waals surface area contributed by atoms with E-state index in [1.807, 2.05) is 36.4 Å². The Kier molecular flexibility index (Phi) is 6.49. The van der Waals surface area contributed by atoms with Gasteiger partial charge in [-0.1, -0.05) is 127 Å². The number of nitrogens with one attached hydrogen (secondary N) is 1. The number of rotatable bonds is 5. The van der Waals surface area contributed by atoms with Gasteiger partial charge in [0.2, 0.25) is 0 Å². The predicted octanol–water partition coefficient (Wildman–Crippen LogP) is 10.8. The summed E-state index contributed by atoms with van der Waals surface area (Å²) in [7, 11) is 0. The normalized spacial score (nSPS) is 14.6. The molecule has 0 saturated heterocycles. The molecule has 0 saturated carbocycles. The minimum Gasteiger partial charge on any atom is -0.456 e. The summed E-state index contributed by atoms with van der Waals surface area (Å²) in [6, 6.07) is 59.2. The molecule has 0 bridgehead atoms. The Labute approximate surface area is 288 Å². The second-order valence-electron chi connectivity index (χ2n) is 12.6. The minimum atomic E-state index is -0.262. The first-order valence-corrected chi connectivity index (χ1v) is 16.9. The van der Waals surface area contributed by atoms with Crippen molar-refractivity contribution in [1.29, 1.82) is 0 Å². The van der Waals surface area contributed by atoms with Crippen molar-refractivity contribution in [2.75, 3.05) is 0 Å². The van der Waals surface area contributed by atoms with Crippen LogP contribution in [0.5, 0.6) is 0 Å². The van der Waals surface area contributed by atoms with E-state index in [4.69, 9.17) is 14.4 Å². The fourth-order valence-corrected chi connectivity index (χ4v) is 7.31. The first-order chi connectivity index (χ1) is 24.8. The number of aliphatic imine (C=N–C) groups is 2. The maximum Gasteiger partial charge on any atom is 0.159 e. The fourth-order valence-electron chi connectivity index (χ4n) is 7.31. The van der Waals surface area contributed by atoms with Crippen LogP contribution in [0.15, 0.2) is 184 Å². The Morgan fingerprint density at radius 2 is 1.16 bits per heavy atom. The third-order valence-electron chi connectivity index (χ3n) is 9.67. The van der Waals surface area contributed by atoms with Crippen molar-refractivity contribution in [3.63, 3.8) is 0 Å². The Morgan fingerprint density at radius 3 is 1.94 bits per heavy atom. The number of aromatic nitrogens is 1.